The van der Waals surface area contributed by atoms with Gasteiger partial charge in [-0.1, -0.05) is 13.8 Å². The molecule has 76 valence electrons. The molecular weight excluding hydrogens is 170 g/mol. The highest BCUT2D eigenvalue weighted by atomic mass is 16.6. The van der Waals surface area contributed by atoms with Crippen molar-refractivity contribution >= 4 is 6.09 Å². The fourth-order valence-electron chi connectivity index (χ4n) is 1.47. The number of carbonyl (C=O) groups is 1. The van der Waals surface area contributed by atoms with Crippen molar-refractivity contribution in [1.82, 2.24) is 4.90 Å². The Morgan fingerprint density at radius 3 is 2.77 bits per heavy atom. The summed E-state index contributed by atoms with van der Waals surface area (Å²) in [6.07, 6.45) is 0.475. The second kappa shape index (κ2) is 3.96. The topological polar surface area (TPSA) is 49.8 Å². The van der Waals surface area contributed by atoms with Gasteiger partial charge in [0.15, 0.2) is 0 Å². The molecule has 0 saturated carbocycles. The molecule has 1 amide bonds. The standard InChI is InChI=1S/C9H17NO3/c1-9(2,3-5-11)7-10-4-6-13-8(10)12/h11H,3-7H2,1-2H3. The molecular formula is C9H17NO3. The van der Waals surface area contributed by atoms with Crippen molar-refractivity contribution in [1.29, 1.82) is 0 Å². The average Bonchev–Trinajstić information content (AvgIpc) is 2.35. The van der Waals surface area contributed by atoms with Crippen LogP contribution in [0, 0.1) is 5.41 Å². The van der Waals surface area contributed by atoms with Crippen LogP contribution >= 0.6 is 0 Å². The fraction of sp³-hybridized carbons (Fsp3) is 0.889. The number of ether oxygens (including phenoxy) is 1. The van der Waals surface area contributed by atoms with Crippen molar-refractivity contribution in [2.45, 2.75) is 20.3 Å². The Morgan fingerprint density at radius 1 is 1.62 bits per heavy atom. The van der Waals surface area contributed by atoms with Crippen molar-refractivity contribution in [3.63, 3.8) is 0 Å². The molecule has 0 atom stereocenters. The zero-order chi connectivity index (χ0) is 9.90. The SMILES string of the molecule is CC(C)(CCO)CN1CCOC1=O. The molecule has 1 heterocycles. The molecule has 13 heavy (non-hydrogen) atoms. The highest BCUT2D eigenvalue weighted by Gasteiger charge is 2.28. The number of amides is 1. The van der Waals surface area contributed by atoms with Crippen LogP contribution in [0.3, 0.4) is 0 Å². The van der Waals surface area contributed by atoms with Crippen LogP contribution in [0.25, 0.3) is 0 Å². The van der Waals surface area contributed by atoms with Crippen LogP contribution in [0.2, 0.25) is 0 Å². The first kappa shape index (κ1) is 10.3. The van der Waals surface area contributed by atoms with Gasteiger partial charge in [-0.3, -0.25) is 0 Å². The highest BCUT2D eigenvalue weighted by molar-refractivity contribution is 5.69. The van der Waals surface area contributed by atoms with Crippen LogP contribution in [-0.2, 0) is 4.74 Å². The summed E-state index contributed by atoms with van der Waals surface area (Å²) in [5.74, 6) is 0. The van der Waals surface area contributed by atoms with E-state index in [1.165, 1.54) is 0 Å². The van der Waals surface area contributed by atoms with Gasteiger partial charge in [-0.25, -0.2) is 4.79 Å². The first-order valence-corrected chi connectivity index (χ1v) is 4.58. The monoisotopic (exact) mass is 187 g/mol. The number of cyclic esters (lactones) is 1. The van der Waals surface area contributed by atoms with E-state index in [4.69, 9.17) is 9.84 Å². The molecule has 0 aromatic heterocycles. The molecule has 4 heteroatoms. The normalized spacial score (nSPS) is 17.8. The van der Waals surface area contributed by atoms with E-state index in [1.807, 2.05) is 13.8 Å². The summed E-state index contributed by atoms with van der Waals surface area (Å²) in [5.41, 5.74) is -0.0297. The third kappa shape index (κ3) is 2.88. The Labute approximate surface area is 78.5 Å². The zero-order valence-electron chi connectivity index (χ0n) is 8.25. The third-order valence-electron chi connectivity index (χ3n) is 2.25. The van der Waals surface area contributed by atoms with Gasteiger partial charge in [-0.05, 0) is 11.8 Å². The number of carbonyl (C=O) groups excluding carboxylic acids is 1. The fourth-order valence-corrected chi connectivity index (χ4v) is 1.47. The Kier molecular flexibility index (Phi) is 3.14. The molecule has 0 radical (unpaired) electrons. The Hall–Kier alpha value is -0.770. The number of aliphatic hydroxyl groups is 1. The lowest BCUT2D eigenvalue weighted by atomic mass is 9.89. The number of nitrogens with zero attached hydrogens (tertiary/aromatic N) is 1. The zero-order valence-corrected chi connectivity index (χ0v) is 8.25. The Balaban J connectivity index is 2.42. The molecule has 0 aliphatic carbocycles. The molecule has 1 fully saturated rings. The van der Waals surface area contributed by atoms with Gasteiger partial charge in [-0.2, -0.15) is 0 Å². The maximum absolute atomic E-state index is 11.1. The van der Waals surface area contributed by atoms with Crippen molar-refractivity contribution in [2.75, 3.05) is 26.3 Å². The van der Waals surface area contributed by atoms with Gasteiger partial charge in [0.25, 0.3) is 0 Å². The lowest BCUT2D eigenvalue weighted by molar-refractivity contribution is 0.134. The second-order valence-electron chi connectivity index (χ2n) is 4.17. The van der Waals surface area contributed by atoms with Crippen molar-refractivity contribution in [3.05, 3.63) is 0 Å². The van der Waals surface area contributed by atoms with E-state index in [0.717, 1.165) is 0 Å². The molecule has 1 aliphatic rings. The van der Waals surface area contributed by atoms with Gasteiger partial charge >= 0.3 is 6.09 Å². The minimum absolute atomic E-state index is 0.0297. The molecule has 4 nitrogen and oxygen atoms in total. The number of hydrogen-bond acceptors (Lipinski definition) is 3. The van der Waals surface area contributed by atoms with Crippen LogP contribution in [0.1, 0.15) is 20.3 Å². The molecule has 1 rings (SSSR count). The van der Waals surface area contributed by atoms with Gasteiger partial charge in [0.05, 0.1) is 6.54 Å². The highest BCUT2D eigenvalue weighted by Crippen LogP contribution is 2.22. The summed E-state index contributed by atoms with van der Waals surface area (Å²) in [5, 5.41) is 8.81. The van der Waals surface area contributed by atoms with Crippen molar-refractivity contribution < 1.29 is 14.6 Å². The lowest BCUT2D eigenvalue weighted by Gasteiger charge is -2.27. The number of hydrogen-bond donors (Lipinski definition) is 1. The summed E-state index contributed by atoms with van der Waals surface area (Å²) < 4.78 is 4.81. The number of aliphatic hydroxyl groups excluding tert-OH is 1. The summed E-state index contributed by atoms with van der Waals surface area (Å²) in [6, 6.07) is 0. The first-order valence-electron chi connectivity index (χ1n) is 4.58. The summed E-state index contributed by atoms with van der Waals surface area (Å²) in [6.45, 7) is 6.06. The molecule has 0 bridgehead atoms. The molecule has 0 aromatic carbocycles. The van der Waals surface area contributed by atoms with Crippen LogP contribution in [-0.4, -0.2) is 42.4 Å². The van der Waals surface area contributed by atoms with Gasteiger partial charge in [0, 0.05) is 13.2 Å². The summed E-state index contributed by atoms with van der Waals surface area (Å²) >= 11 is 0. The van der Waals surface area contributed by atoms with Crippen LogP contribution in [0.4, 0.5) is 4.79 Å². The molecule has 0 unspecified atom stereocenters. The molecule has 1 saturated heterocycles. The van der Waals surface area contributed by atoms with Crippen LogP contribution in [0.15, 0.2) is 0 Å². The predicted octanol–water partition coefficient (Wildman–Crippen LogP) is 0.847. The van der Waals surface area contributed by atoms with E-state index in [0.29, 0.717) is 26.1 Å². The van der Waals surface area contributed by atoms with Crippen LogP contribution in [0.5, 0.6) is 0 Å². The molecule has 0 aromatic rings. The third-order valence-corrected chi connectivity index (χ3v) is 2.25. The number of rotatable bonds is 4. The quantitative estimate of drug-likeness (QED) is 0.709. The predicted molar refractivity (Wildman–Crippen MR) is 48.4 cm³/mol. The van der Waals surface area contributed by atoms with Gasteiger partial charge in [0.1, 0.15) is 6.61 Å². The maximum atomic E-state index is 11.1. The first-order chi connectivity index (χ1) is 6.05. The minimum Gasteiger partial charge on any atom is -0.448 e. The largest absolute Gasteiger partial charge is 0.448 e. The molecule has 1 N–H and O–H groups in total. The van der Waals surface area contributed by atoms with E-state index in [1.54, 1.807) is 4.90 Å². The minimum atomic E-state index is -0.231. The lowest BCUT2D eigenvalue weighted by Crippen LogP contribution is -2.35. The van der Waals surface area contributed by atoms with E-state index < -0.39 is 0 Å². The molecule has 1 aliphatic heterocycles. The average molecular weight is 187 g/mol. The van der Waals surface area contributed by atoms with Gasteiger partial charge in [0.2, 0.25) is 0 Å². The second-order valence-corrected chi connectivity index (χ2v) is 4.17. The van der Waals surface area contributed by atoms with Crippen molar-refractivity contribution in [3.8, 4) is 0 Å². The van der Waals surface area contributed by atoms with E-state index in [9.17, 15) is 4.79 Å². The molecule has 0 spiro atoms. The van der Waals surface area contributed by atoms with E-state index >= 15 is 0 Å². The summed E-state index contributed by atoms with van der Waals surface area (Å²) in [4.78, 5) is 12.8. The Bertz CT molecular complexity index is 191. The van der Waals surface area contributed by atoms with Gasteiger partial charge < -0.3 is 14.7 Å². The maximum Gasteiger partial charge on any atom is 0.409 e. The smallest absolute Gasteiger partial charge is 0.409 e. The van der Waals surface area contributed by atoms with E-state index in [-0.39, 0.29) is 18.1 Å². The Morgan fingerprint density at radius 2 is 2.31 bits per heavy atom. The van der Waals surface area contributed by atoms with Gasteiger partial charge in [-0.15, -0.1) is 0 Å². The van der Waals surface area contributed by atoms with E-state index in [2.05, 4.69) is 0 Å². The van der Waals surface area contributed by atoms with Crippen LogP contribution < -0.4 is 0 Å². The summed E-state index contributed by atoms with van der Waals surface area (Å²) in [7, 11) is 0. The van der Waals surface area contributed by atoms with Crippen molar-refractivity contribution in [2.24, 2.45) is 5.41 Å².